The highest BCUT2D eigenvalue weighted by molar-refractivity contribution is 7.14. The zero-order valence-corrected chi connectivity index (χ0v) is 14.9. The summed E-state index contributed by atoms with van der Waals surface area (Å²) in [7, 11) is 0. The summed E-state index contributed by atoms with van der Waals surface area (Å²) in [4.78, 5) is 16.8. The van der Waals surface area contributed by atoms with E-state index < -0.39 is 0 Å². The molecule has 1 N–H and O–H groups in total. The normalized spacial score (nSPS) is 17.5. The molecule has 1 unspecified atom stereocenters. The molecule has 0 aliphatic carbocycles. The van der Waals surface area contributed by atoms with E-state index in [9.17, 15) is 4.79 Å². The lowest BCUT2D eigenvalue weighted by Crippen LogP contribution is -2.19. The minimum absolute atomic E-state index is 0.0136. The second kappa shape index (κ2) is 6.75. The standard InChI is InChI=1S/C19H24N2OS/c1-4-15-11-18(23-14(15)3)19(22)20-16-5-7-17(8-6-16)21-10-9-13(2)12-21/h5-8,11,13H,4,9-10,12H2,1-3H3,(H,20,22). The van der Waals surface area contributed by atoms with Gasteiger partial charge in [-0.1, -0.05) is 13.8 Å². The van der Waals surface area contributed by atoms with Gasteiger partial charge in [-0.05, 0) is 61.6 Å². The van der Waals surface area contributed by atoms with E-state index in [1.54, 1.807) is 11.3 Å². The van der Waals surface area contributed by atoms with E-state index in [2.05, 4.69) is 43.1 Å². The number of aryl methyl sites for hydroxylation is 2. The fourth-order valence-corrected chi connectivity index (χ4v) is 4.11. The predicted octanol–water partition coefficient (Wildman–Crippen LogP) is 4.72. The Hall–Kier alpha value is -1.81. The zero-order chi connectivity index (χ0) is 16.4. The molecule has 1 aromatic carbocycles. The van der Waals surface area contributed by atoms with Crippen LogP contribution in [0.4, 0.5) is 11.4 Å². The minimum Gasteiger partial charge on any atom is -0.371 e. The van der Waals surface area contributed by atoms with Crippen molar-refractivity contribution in [2.45, 2.75) is 33.6 Å². The highest BCUT2D eigenvalue weighted by Crippen LogP contribution is 2.26. The number of carbonyl (C=O) groups is 1. The molecule has 23 heavy (non-hydrogen) atoms. The molecule has 1 aliphatic heterocycles. The lowest BCUT2D eigenvalue weighted by atomic mass is 10.2. The van der Waals surface area contributed by atoms with Crippen LogP contribution in [0.15, 0.2) is 30.3 Å². The van der Waals surface area contributed by atoms with E-state index in [1.165, 1.54) is 22.5 Å². The second-order valence-corrected chi connectivity index (χ2v) is 7.64. The average Bonchev–Trinajstić information content (AvgIpc) is 3.14. The Morgan fingerprint density at radius 1 is 1.35 bits per heavy atom. The van der Waals surface area contributed by atoms with Crippen LogP contribution in [-0.4, -0.2) is 19.0 Å². The Morgan fingerprint density at radius 2 is 2.09 bits per heavy atom. The first-order valence-electron chi connectivity index (χ1n) is 8.32. The number of carbonyl (C=O) groups excluding carboxylic acids is 1. The van der Waals surface area contributed by atoms with Crippen molar-refractivity contribution in [2.75, 3.05) is 23.3 Å². The van der Waals surface area contributed by atoms with E-state index in [0.717, 1.165) is 36.0 Å². The molecule has 0 spiro atoms. The number of rotatable bonds is 4. The van der Waals surface area contributed by atoms with Crippen molar-refractivity contribution in [3.8, 4) is 0 Å². The van der Waals surface area contributed by atoms with Crippen molar-refractivity contribution in [3.05, 3.63) is 45.6 Å². The number of hydrogen-bond donors (Lipinski definition) is 1. The van der Waals surface area contributed by atoms with Gasteiger partial charge in [0.1, 0.15) is 0 Å². The van der Waals surface area contributed by atoms with E-state index >= 15 is 0 Å². The lowest BCUT2D eigenvalue weighted by Gasteiger charge is -2.18. The van der Waals surface area contributed by atoms with Gasteiger partial charge in [-0.2, -0.15) is 0 Å². The molecule has 1 aliphatic rings. The molecule has 1 atom stereocenters. The summed E-state index contributed by atoms with van der Waals surface area (Å²) in [5, 5.41) is 3.00. The molecule has 0 bridgehead atoms. The van der Waals surface area contributed by atoms with Crippen LogP contribution in [0, 0.1) is 12.8 Å². The summed E-state index contributed by atoms with van der Waals surface area (Å²) >= 11 is 1.57. The smallest absolute Gasteiger partial charge is 0.265 e. The van der Waals surface area contributed by atoms with Gasteiger partial charge in [0.05, 0.1) is 4.88 Å². The maximum atomic E-state index is 12.4. The highest BCUT2D eigenvalue weighted by Gasteiger charge is 2.18. The minimum atomic E-state index is -0.0136. The molecule has 122 valence electrons. The van der Waals surface area contributed by atoms with Crippen molar-refractivity contribution in [2.24, 2.45) is 5.92 Å². The van der Waals surface area contributed by atoms with Gasteiger partial charge in [0.15, 0.2) is 0 Å². The number of nitrogens with one attached hydrogen (secondary N) is 1. The second-order valence-electron chi connectivity index (χ2n) is 6.39. The van der Waals surface area contributed by atoms with Crippen LogP contribution >= 0.6 is 11.3 Å². The maximum absolute atomic E-state index is 12.4. The average molecular weight is 328 g/mol. The molecule has 2 heterocycles. The molecule has 1 fully saturated rings. The zero-order valence-electron chi connectivity index (χ0n) is 14.1. The van der Waals surface area contributed by atoms with Gasteiger partial charge in [-0.25, -0.2) is 0 Å². The summed E-state index contributed by atoms with van der Waals surface area (Å²) in [6, 6.07) is 10.2. The van der Waals surface area contributed by atoms with Gasteiger partial charge < -0.3 is 10.2 Å². The molecule has 3 rings (SSSR count). The fourth-order valence-electron chi connectivity index (χ4n) is 3.10. The van der Waals surface area contributed by atoms with E-state index in [0.29, 0.717) is 0 Å². The summed E-state index contributed by atoms with van der Waals surface area (Å²) in [5.41, 5.74) is 3.36. The van der Waals surface area contributed by atoms with Gasteiger partial charge in [0.2, 0.25) is 0 Å². The molecular weight excluding hydrogens is 304 g/mol. The van der Waals surface area contributed by atoms with Crippen molar-refractivity contribution >= 4 is 28.6 Å². The van der Waals surface area contributed by atoms with Crippen molar-refractivity contribution in [3.63, 3.8) is 0 Å². The van der Waals surface area contributed by atoms with Gasteiger partial charge in [0, 0.05) is 29.3 Å². The van der Waals surface area contributed by atoms with E-state index in [4.69, 9.17) is 0 Å². The number of benzene rings is 1. The first kappa shape index (κ1) is 16.1. The molecule has 0 saturated carbocycles. The first-order chi connectivity index (χ1) is 11.1. The fraction of sp³-hybridized carbons (Fsp3) is 0.421. The SMILES string of the molecule is CCc1cc(C(=O)Nc2ccc(N3CCC(C)C3)cc2)sc1C. The van der Waals surface area contributed by atoms with Crippen molar-refractivity contribution in [1.29, 1.82) is 0 Å². The quantitative estimate of drug-likeness (QED) is 0.881. The van der Waals surface area contributed by atoms with Gasteiger partial charge in [-0.3, -0.25) is 4.79 Å². The van der Waals surface area contributed by atoms with Crippen LogP contribution in [0.25, 0.3) is 0 Å². The summed E-state index contributed by atoms with van der Waals surface area (Å²) in [6.45, 7) is 8.74. The number of hydrogen-bond acceptors (Lipinski definition) is 3. The molecular formula is C19H24N2OS. The molecule has 1 amide bonds. The Balaban J connectivity index is 1.66. The third-order valence-corrected chi connectivity index (χ3v) is 5.63. The van der Waals surface area contributed by atoms with Gasteiger partial charge in [0.25, 0.3) is 5.91 Å². The monoisotopic (exact) mass is 328 g/mol. The molecule has 3 nitrogen and oxygen atoms in total. The molecule has 2 aromatic rings. The van der Waals surface area contributed by atoms with E-state index in [1.807, 2.05) is 18.2 Å². The maximum Gasteiger partial charge on any atom is 0.265 e. The van der Waals surface area contributed by atoms with Crippen LogP contribution in [-0.2, 0) is 6.42 Å². The number of thiophene rings is 1. The van der Waals surface area contributed by atoms with Crippen LogP contribution in [0.5, 0.6) is 0 Å². The molecule has 1 saturated heterocycles. The number of anilines is 2. The van der Waals surface area contributed by atoms with Crippen molar-refractivity contribution < 1.29 is 4.79 Å². The van der Waals surface area contributed by atoms with Gasteiger partial charge in [-0.15, -0.1) is 11.3 Å². The third-order valence-electron chi connectivity index (χ3n) is 4.54. The van der Waals surface area contributed by atoms with Crippen LogP contribution in [0.2, 0.25) is 0 Å². The summed E-state index contributed by atoms with van der Waals surface area (Å²) in [5.74, 6) is 0.754. The number of nitrogens with zero attached hydrogens (tertiary/aromatic N) is 1. The largest absolute Gasteiger partial charge is 0.371 e. The Bertz CT molecular complexity index is 690. The Morgan fingerprint density at radius 3 is 2.65 bits per heavy atom. The van der Waals surface area contributed by atoms with Crippen molar-refractivity contribution in [1.82, 2.24) is 0 Å². The first-order valence-corrected chi connectivity index (χ1v) is 9.14. The van der Waals surface area contributed by atoms with Crippen LogP contribution in [0.1, 0.15) is 40.4 Å². The summed E-state index contributed by atoms with van der Waals surface area (Å²) < 4.78 is 0. The highest BCUT2D eigenvalue weighted by atomic mass is 32.1. The third kappa shape index (κ3) is 3.58. The lowest BCUT2D eigenvalue weighted by molar-refractivity contribution is 0.103. The topological polar surface area (TPSA) is 32.3 Å². The number of amides is 1. The van der Waals surface area contributed by atoms with Gasteiger partial charge >= 0.3 is 0 Å². The predicted molar refractivity (Wildman–Crippen MR) is 98.8 cm³/mol. The Kier molecular flexibility index (Phi) is 4.71. The van der Waals surface area contributed by atoms with Crippen LogP contribution in [0.3, 0.4) is 0 Å². The summed E-state index contributed by atoms with van der Waals surface area (Å²) in [6.07, 6.45) is 2.23. The molecule has 0 radical (unpaired) electrons. The molecule has 4 heteroatoms. The van der Waals surface area contributed by atoms with Crippen LogP contribution < -0.4 is 10.2 Å². The van der Waals surface area contributed by atoms with E-state index in [-0.39, 0.29) is 5.91 Å². The molecule has 1 aromatic heterocycles. The Labute approximate surface area is 142 Å².